The Morgan fingerprint density at radius 2 is 2.45 bits per heavy atom. The van der Waals surface area contributed by atoms with Gasteiger partial charge in [0, 0.05) is 12.7 Å². The molecule has 0 aliphatic carbocycles. The van der Waals surface area contributed by atoms with Crippen molar-refractivity contribution in [2.45, 2.75) is 13.5 Å². The van der Waals surface area contributed by atoms with Gasteiger partial charge in [0.25, 0.3) is 0 Å². The Labute approximate surface area is 86.5 Å². The monoisotopic (exact) mass is 162 g/mol. The summed E-state index contributed by atoms with van der Waals surface area (Å²) in [7, 11) is 0. The Morgan fingerprint density at radius 1 is 1.82 bits per heavy atom. The number of carboxylic acids is 1. The van der Waals surface area contributed by atoms with Gasteiger partial charge in [0.05, 0.1) is 11.7 Å². The Bertz CT molecular complexity index is 246. The van der Waals surface area contributed by atoms with Crippen molar-refractivity contribution in [1.82, 2.24) is 9.78 Å². The van der Waals surface area contributed by atoms with Crippen LogP contribution in [0.2, 0.25) is 0 Å². The normalized spacial score (nSPS) is 8.82. The van der Waals surface area contributed by atoms with E-state index in [1.807, 2.05) is 6.92 Å². The molecule has 0 unspecified atom stereocenters. The van der Waals surface area contributed by atoms with Gasteiger partial charge in [-0.05, 0) is 13.0 Å². The third kappa shape index (κ3) is 2.32. The number of hydrogen-bond acceptors (Lipinski definition) is 3. The molecule has 0 fully saturated rings. The fraction of sp³-hybridized carbons (Fsp3) is 0.333. The van der Waals surface area contributed by atoms with E-state index in [9.17, 15) is 9.90 Å². The van der Waals surface area contributed by atoms with Gasteiger partial charge in [-0.25, -0.2) is 0 Å². The fourth-order valence-electron chi connectivity index (χ4n) is 0.758. The molecule has 0 saturated heterocycles. The van der Waals surface area contributed by atoms with Crippen molar-refractivity contribution in [3.63, 3.8) is 0 Å². The molecule has 1 aromatic rings. The molecule has 1 heterocycles. The third-order valence-electron chi connectivity index (χ3n) is 1.23. The molecule has 0 atom stereocenters. The molecular formula is C6H7N2NaO2. The second kappa shape index (κ2) is 4.54. The molecule has 5 heteroatoms. The maximum atomic E-state index is 10.3. The Hall–Kier alpha value is -0.320. The summed E-state index contributed by atoms with van der Waals surface area (Å²) in [6, 6.07) is 1.42. The van der Waals surface area contributed by atoms with Crippen molar-refractivity contribution in [3.8, 4) is 0 Å². The van der Waals surface area contributed by atoms with E-state index in [0.717, 1.165) is 0 Å². The molecule has 0 saturated carbocycles. The largest absolute Gasteiger partial charge is 1.00 e. The number of carbonyl (C=O) groups excluding carboxylic acids is 1. The van der Waals surface area contributed by atoms with E-state index < -0.39 is 5.97 Å². The van der Waals surface area contributed by atoms with Gasteiger partial charge in [-0.15, -0.1) is 0 Å². The minimum atomic E-state index is -1.18. The number of aryl methyl sites for hydroxylation is 1. The molecule has 0 spiro atoms. The number of aromatic nitrogens is 2. The van der Waals surface area contributed by atoms with Crippen molar-refractivity contribution in [3.05, 3.63) is 18.0 Å². The van der Waals surface area contributed by atoms with Crippen LogP contribution in [-0.4, -0.2) is 15.7 Å². The molecule has 4 nitrogen and oxygen atoms in total. The molecule has 1 rings (SSSR count). The number of rotatable bonds is 2. The molecule has 0 aliphatic rings. The van der Waals surface area contributed by atoms with Crippen molar-refractivity contribution >= 4 is 5.97 Å². The van der Waals surface area contributed by atoms with Crippen LogP contribution in [0.3, 0.4) is 0 Å². The minimum Gasteiger partial charge on any atom is -0.543 e. The zero-order chi connectivity index (χ0) is 7.56. The van der Waals surface area contributed by atoms with E-state index >= 15 is 0 Å². The topological polar surface area (TPSA) is 58.0 Å². The number of aromatic carboxylic acids is 1. The summed E-state index contributed by atoms with van der Waals surface area (Å²) < 4.78 is 1.37. The van der Waals surface area contributed by atoms with E-state index in [0.29, 0.717) is 6.54 Å². The van der Waals surface area contributed by atoms with Crippen LogP contribution in [0.15, 0.2) is 12.3 Å². The predicted octanol–water partition coefficient (Wildman–Crippen LogP) is -3.73. The fourth-order valence-corrected chi connectivity index (χ4v) is 0.758. The number of hydrogen-bond donors (Lipinski definition) is 0. The Balaban J connectivity index is 0.000001000. The van der Waals surface area contributed by atoms with Crippen LogP contribution in [0.5, 0.6) is 0 Å². The summed E-state index contributed by atoms with van der Waals surface area (Å²) in [5.74, 6) is -1.18. The Kier molecular flexibility index (Phi) is 4.40. The van der Waals surface area contributed by atoms with Gasteiger partial charge >= 0.3 is 29.6 Å². The predicted molar refractivity (Wildman–Crippen MR) is 32.2 cm³/mol. The number of carbonyl (C=O) groups is 1. The molecule has 11 heavy (non-hydrogen) atoms. The maximum Gasteiger partial charge on any atom is 1.00 e. The first-order valence-electron chi connectivity index (χ1n) is 2.99. The number of carboxylic acid groups (broad SMARTS) is 1. The van der Waals surface area contributed by atoms with Gasteiger partial charge < -0.3 is 9.90 Å². The van der Waals surface area contributed by atoms with Gasteiger partial charge in [0.1, 0.15) is 0 Å². The first-order valence-corrected chi connectivity index (χ1v) is 2.99. The van der Waals surface area contributed by atoms with Crippen molar-refractivity contribution in [2.75, 3.05) is 0 Å². The van der Waals surface area contributed by atoms with Gasteiger partial charge in [-0.1, -0.05) is 0 Å². The van der Waals surface area contributed by atoms with E-state index in [1.54, 1.807) is 0 Å². The second-order valence-corrected chi connectivity index (χ2v) is 1.82. The van der Waals surface area contributed by atoms with Crippen LogP contribution < -0.4 is 34.7 Å². The third-order valence-corrected chi connectivity index (χ3v) is 1.23. The Morgan fingerprint density at radius 3 is 2.82 bits per heavy atom. The molecular weight excluding hydrogens is 155 g/mol. The quantitative estimate of drug-likeness (QED) is 0.420. The van der Waals surface area contributed by atoms with E-state index in [1.165, 1.54) is 16.9 Å². The van der Waals surface area contributed by atoms with Gasteiger partial charge in [0.15, 0.2) is 0 Å². The van der Waals surface area contributed by atoms with Crippen molar-refractivity contribution in [1.29, 1.82) is 0 Å². The molecule has 0 N–H and O–H groups in total. The first kappa shape index (κ1) is 10.7. The van der Waals surface area contributed by atoms with Crippen molar-refractivity contribution in [2.24, 2.45) is 0 Å². The summed E-state index contributed by atoms with van der Waals surface area (Å²) in [5.41, 5.74) is 0.127. The zero-order valence-electron chi connectivity index (χ0n) is 6.57. The molecule has 54 valence electrons. The summed E-state index contributed by atoms with van der Waals surface area (Å²) in [5, 5.41) is 14.0. The van der Waals surface area contributed by atoms with Gasteiger partial charge in [-0.3, -0.25) is 4.68 Å². The van der Waals surface area contributed by atoms with Crippen LogP contribution >= 0.6 is 0 Å². The van der Waals surface area contributed by atoms with Crippen LogP contribution in [0.25, 0.3) is 0 Å². The van der Waals surface area contributed by atoms with Crippen LogP contribution in [0.4, 0.5) is 0 Å². The average molecular weight is 162 g/mol. The van der Waals surface area contributed by atoms with E-state index in [2.05, 4.69) is 5.10 Å². The summed E-state index contributed by atoms with van der Waals surface area (Å²) >= 11 is 0. The van der Waals surface area contributed by atoms with Crippen LogP contribution in [-0.2, 0) is 6.54 Å². The number of nitrogens with zero attached hydrogens (tertiary/aromatic N) is 2. The maximum absolute atomic E-state index is 10.3. The zero-order valence-corrected chi connectivity index (χ0v) is 8.57. The van der Waals surface area contributed by atoms with Crippen LogP contribution in [0.1, 0.15) is 17.4 Å². The standard InChI is InChI=1S/C6H8N2O2.Na/c1-2-8-5(6(9)10)3-4-7-8;/h3-4H,2H2,1H3,(H,9,10);/q;+1/p-1. The summed E-state index contributed by atoms with van der Waals surface area (Å²) in [6.07, 6.45) is 1.44. The SMILES string of the molecule is CCn1nccc1C(=O)[O-].[Na+]. The molecule has 0 aromatic carbocycles. The van der Waals surface area contributed by atoms with Gasteiger partial charge in [-0.2, -0.15) is 5.10 Å². The average Bonchev–Trinajstić information content (AvgIpc) is 2.33. The minimum absolute atomic E-state index is 0. The van der Waals surface area contributed by atoms with Gasteiger partial charge in [0.2, 0.25) is 0 Å². The molecule has 0 bridgehead atoms. The second-order valence-electron chi connectivity index (χ2n) is 1.82. The summed E-state index contributed by atoms with van der Waals surface area (Å²) in [6.45, 7) is 2.37. The molecule has 0 amide bonds. The van der Waals surface area contributed by atoms with Crippen LogP contribution in [0, 0.1) is 0 Å². The van der Waals surface area contributed by atoms with Crippen molar-refractivity contribution < 1.29 is 39.5 Å². The molecule has 0 aliphatic heterocycles. The van der Waals surface area contributed by atoms with E-state index in [4.69, 9.17) is 0 Å². The first-order chi connectivity index (χ1) is 4.75. The smallest absolute Gasteiger partial charge is 0.543 e. The van der Waals surface area contributed by atoms with E-state index in [-0.39, 0.29) is 35.3 Å². The molecule has 0 radical (unpaired) electrons. The molecule has 1 aromatic heterocycles. The summed E-state index contributed by atoms with van der Waals surface area (Å²) in [4.78, 5) is 10.3.